The number of piperidine rings is 1. The Labute approximate surface area is 86.6 Å². The fourth-order valence-electron chi connectivity index (χ4n) is 2.51. The highest BCUT2D eigenvalue weighted by atomic mass is 16.5. The smallest absolute Gasteiger partial charge is 0.0702 e. The summed E-state index contributed by atoms with van der Waals surface area (Å²) < 4.78 is 5.66. The summed E-state index contributed by atoms with van der Waals surface area (Å²) in [5.41, 5.74) is 5.98. The zero-order valence-electron chi connectivity index (χ0n) is 9.11. The predicted octanol–water partition coefficient (Wildman–Crippen LogP) is 0.977. The highest BCUT2D eigenvalue weighted by Gasteiger charge is 2.26. The Hall–Kier alpha value is -0.120. The molecule has 14 heavy (non-hydrogen) atoms. The molecule has 2 saturated heterocycles. The lowest BCUT2D eigenvalue weighted by Crippen LogP contribution is -2.49. The lowest BCUT2D eigenvalue weighted by molar-refractivity contribution is 0.0444. The van der Waals surface area contributed by atoms with Gasteiger partial charge in [0, 0.05) is 31.8 Å². The summed E-state index contributed by atoms with van der Waals surface area (Å²) in [5, 5.41) is 0. The van der Waals surface area contributed by atoms with Crippen LogP contribution in [0.5, 0.6) is 0 Å². The maximum Gasteiger partial charge on any atom is 0.0702 e. The molecule has 0 aromatic heterocycles. The highest BCUT2D eigenvalue weighted by Crippen LogP contribution is 2.20. The number of nitrogens with two attached hydrogens (primary N) is 1. The van der Waals surface area contributed by atoms with Gasteiger partial charge in [-0.2, -0.15) is 0 Å². The van der Waals surface area contributed by atoms with Crippen LogP contribution in [0.1, 0.15) is 32.6 Å². The van der Waals surface area contributed by atoms with Gasteiger partial charge in [0.1, 0.15) is 0 Å². The molecule has 2 N–H and O–H groups in total. The Morgan fingerprint density at radius 1 is 1.36 bits per heavy atom. The maximum atomic E-state index is 5.98. The molecule has 0 aliphatic carbocycles. The molecule has 3 atom stereocenters. The molecule has 2 aliphatic rings. The quantitative estimate of drug-likeness (QED) is 0.719. The Bertz CT molecular complexity index is 180. The lowest BCUT2D eigenvalue weighted by Gasteiger charge is -2.37. The van der Waals surface area contributed by atoms with Crippen molar-refractivity contribution < 1.29 is 4.74 Å². The Morgan fingerprint density at radius 2 is 2.21 bits per heavy atom. The molecular weight excluding hydrogens is 176 g/mol. The van der Waals surface area contributed by atoms with E-state index < -0.39 is 0 Å². The SMILES string of the molecule is CC1CCC(N)CN1CC1CCCO1. The first-order valence-corrected chi connectivity index (χ1v) is 5.87. The summed E-state index contributed by atoms with van der Waals surface area (Å²) in [4.78, 5) is 2.50. The molecule has 0 spiro atoms. The molecule has 0 radical (unpaired) electrons. The second-order valence-corrected chi connectivity index (χ2v) is 4.78. The summed E-state index contributed by atoms with van der Waals surface area (Å²) in [5.74, 6) is 0. The van der Waals surface area contributed by atoms with Crippen molar-refractivity contribution in [2.24, 2.45) is 5.73 Å². The van der Waals surface area contributed by atoms with Gasteiger partial charge in [-0.05, 0) is 32.6 Å². The Kier molecular flexibility index (Phi) is 3.42. The number of nitrogens with zero attached hydrogens (tertiary/aromatic N) is 1. The first-order chi connectivity index (χ1) is 6.75. The van der Waals surface area contributed by atoms with Crippen LogP contribution in [0.2, 0.25) is 0 Å². The molecule has 3 nitrogen and oxygen atoms in total. The Morgan fingerprint density at radius 3 is 2.93 bits per heavy atom. The minimum atomic E-state index is 0.382. The zero-order valence-corrected chi connectivity index (χ0v) is 9.11. The summed E-state index contributed by atoms with van der Waals surface area (Å²) in [6.07, 6.45) is 5.37. The minimum Gasteiger partial charge on any atom is -0.377 e. The average molecular weight is 198 g/mol. The van der Waals surface area contributed by atoms with E-state index in [1.807, 2.05) is 0 Å². The number of rotatable bonds is 2. The molecule has 0 aromatic carbocycles. The standard InChI is InChI=1S/C11H22N2O/c1-9-4-5-10(12)7-13(9)8-11-3-2-6-14-11/h9-11H,2-8,12H2,1H3. The van der Waals surface area contributed by atoms with Gasteiger partial charge in [-0.3, -0.25) is 4.90 Å². The van der Waals surface area contributed by atoms with E-state index in [9.17, 15) is 0 Å². The van der Waals surface area contributed by atoms with Crippen LogP contribution in [0.15, 0.2) is 0 Å². The van der Waals surface area contributed by atoms with Gasteiger partial charge in [-0.15, -0.1) is 0 Å². The number of hydrogen-bond donors (Lipinski definition) is 1. The van der Waals surface area contributed by atoms with E-state index in [-0.39, 0.29) is 0 Å². The average Bonchev–Trinajstić information content (AvgIpc) is 2.64. The third kappa shape index (κ3) is 2.47. The molecule has 2 aliphatic heterocycles. The Balaban J connectivity index is 1.82. The van der Waals surface area contributed by atoms with Crippen LogP contribution in [0.25, 0.3) is 0 Å². The van der Waals surface area contributed by atoms with Crippen molar-refractivity contribution in [3.8, 4) is 0 Å². The number of hydrogen-bond acceptors (Lipinski definition) is 3. The van der Waals surface area contributed by atoms with Crippen molar-refractivity contribution in [1.82, 2.24) is 4.90 Å². The number of ether oxygens (including phenoxy) is 1. The van der Waals surface area contributed by atoms with Crippen LogP contribution in [0.4, 0.5) is 0 Å². The third-order valence-electron chi connectivity index (χ3n) is 3.51. The monoisotopic (exact) mass is 198 g/mol. The topological polar surface area (TPSA) is 38.5 Å². The number of likely N-dealkylation sites (tertiary alicyclic amines) is 1. The van der Waals surface area contributed by atoms with E-state index in [1.54, 1.807) is 0 Å². The molecule has 3 heteroatoms. The van der Waals surface area contributed by atoms with Gasteiger partial charge >= 0.3 is 0 Å². The largest absolute Gasteiger partial charge is 0.377 e. The van der Waals surface area contributed by atoms with E-state index >= 15 is 0 Å². The van der Waals surface area contributed by atoms with Gasteiger partial charge in [-0.1, -0.05) is 0 Å². The second-order valence-electron chi connectivity index (χ2n) is 4.78. The van der Waals surface area contributed by atoms with Crippen LogP contribution in [0.3, 0.4) is 0 Å². The predicted molar refractivity (Wildman–Crippen MR) is 57.2 cm³/mol. The maximum absolute atomic E-state index is 5.98. The fourth-order valence-corrected chi connectivity index (χ4v) is 2.51. The van der Waals surface area contributed by atoms with Gasteiger partial charge in [-0.25, -0.2) is 0 Å². The van der Waals surface area contributed by atoms with Gasteiger partial charge in [0.15, 0.2) is 0 Å². The summed E-state index contributed by atoms with van der Waals surface area (Å²) in [6.45, 7) is 5.41. The van der Waals surface area contributed by atoms with Gasteiger partial charge in [0.2, 0.25) is 0 Å². The molecule has 82 valence electrons. The van der Waals surface area contributed by atoms with Gasteiger partial charge in [0.25, 0.3) is 0 Å². The van der Waals surface area contributed by atoms with E-state index in [1.165, 1.54) is 25.7 Å². The molecule has 0 aromatic rings. The van der Waals surface area contributed by atoms with Crippen molar-refractivity contribution in [3.05, 3.63) is 0 Å². The lowest BCUT2D eigenvalue weighted by atomic mass is 9.99. The summed E-state index contributed by atoms with van der Waals surface area (Å²) in [7, 11) is 0. The first kappa shape index (κ1) is 10.4. The van der Waals surface area contributed by atoms with E-state index in [4.69, 9.17) is 10.5 Å². The van der Waals surface area contributed by atoms with Crippen LogP contribution < -0.4 is 5.73 Å². The van der Waals surface area contributed by atoms with Crippen LogP contribution in [-0.4, -0.2) is 42.8 Å². The van der Waals surface area contributed by atoms with Gasteiger partial charge < -0.3 is 10.5 Å². The van der Waals surface area contributed by atoms with Crippen molar-refractivity contribution in [2.75, 3.05) is 19.7 Å². The van der Waals surface area contributed by atoms with Crippen molar-refractivity contribution >= 4 is 0 Å². The molecule has 0 bridgehead atoms. The summed E-state index contributed by atoms with van der Waals surface area (Å²) in [6, 6.07) is 1.08. The molecular formula is C11H22N2O. The molecule has 0 saturated carbocycles. The molecule has 0 amide bonds. The van der Waals surface area contributed by atoms with Gasteiger partial charge in [0.05, 0.1) is 6.10 Å². The normalized spacial score (nSPS) is 40.3. The molecule has 2 rings (SSSR count). The van der Waals surface area contributed by atoms with E-state index in [0.29, 0.717) is 18.2 Å². The molecule has 2 fully saturated rings. The molecule has 2 heterocycles. The van der Waals surface area contributed by atoms with E-state index in [2.05, 4.69) is 11.8 Å². The third-order valence-corrected chi connectivity index (χ3v) is 3.51. The summed E-state index contributed by atoms with van der Waals surface area (Å²) >= 11 is 0. The van der Waals surface area contributed by atoms with E-state index in [0.717, 1.165) is 19.7 Å². The fraction of sp³-hybridized carbons (Fsp3) is 1.00. The first-order valence-electron chi connectivity index (χ1n) is 5.87. The van der Waals surface area contributed by atoms with Crippen LogP contribution in [0, 0.1) is 0 Å². The van der Waals surface area contributed by atoms with Crippen molar-refractivity contribution in [3.63, 3.8) is 0 Å². The second kappa shape index (κ2) is 4.60. The molecule has 3 unspecified atom stereocenters. The van der Waals surface area contributed by atoms with Crippen molar-refractivity contribution in [2.45, 2.75) is 50.8 Å². The van der Waals surface area contributed by atoms with Crippen LogP contribution >= 0.6 is 0 Å². The zero-order chi connectivity index (χ0) is 9.97. The minimum absolute atomic E-state index is 0.382. The van der Waals surface area contributed by atoms with Crippen LogP contribution in [-0.2, 0) is 4.74 Å². The van der Waals surface area contributed by atoms with Crippen molar-refractivity contribution in [1.29, 1.82) is 0 Å². The highest BCUT2D eigenvalue weighted by molar-refractivity contribution is 4.83.